The number of phenolic OH excluding ortho intramolecular Hbond substituents is 1. The number of hydrogen-bond donors (Lipinski definition) is 1. The number of hydrogen-bond acceptors (Lipinski definition) is 4. The molecule has 21 heavy (non-hydrogen) atoms. The summed E-state index contributed by atoms with van der Waals surface area (Å²) in [7, 11) is 1.43. The minimum Gasteiger partial charge on any atom is -0.508 e. The van der Waals surface area contributed by atoms with Gasteiger partial charge in [-0.05, 0) is 42.0 Å². The molecular weight excluding hydrogens is 266 g/mol. The highest BCUT2D eigenvalue weighted by molar-refractivity contribution is 5.69. The van der Waals surface area contributed by atoms with E-state index in [2.05, 4.69) is 24.8 Å². The van der Waals surface area contributed by atoms with E-state index in [4.69, 9.17) is 4.74 Å². The molecule has 2 rings (SSSR count). The summed E-state index contributed by atoms with van der Waals surface area (Å²) in [5.41, 5.74) is 1.27. The van der Waals surface area contributed by atoms with Crippen LogP contribution in [-0.2, 0) is 14.9 Å². The van der Waals surface area contributed by atoms with Crippen LogP contribution in [0.3, 0.4) is 0 Å². The minimum absolute atomic E-state index is 0.0699. The molecule has 116 valence electrons. The Morgan fingerprint density at radius 3 is 2.90 bits per heavy atom. The maximum Gasteiger partial charge on any atom is 0.306 e. The SMILES string of the molecule is COC(=O)CCN1CC[C@](C)(c2cccc(O)c2)[C@@H](C)C1. The lowest BCUT2D eigenvalue weighted by Crippen LogP contribution is -2.47. The van der Waals surface area contributed by atoms with Crippen LogP contribution < -0.4 is 0 Å². The fourth-order valence-electron chi connectivity index (χ4n) is 3.16. The topological polar surface area (TPSA) is 49.8 Å². The summed E-state index contributed by atoms with van der Waals surface area (Å²) < 4.78 is 4.70. The number of carbonyl (C=O) groups is 1. The van der Waals surface area contributed by atoms with Crippen LogP contribution in [0, 0.1) is 5.92 Å². The number of likely N-dealkylation sites (tertiary alicyclic amines) is 1. The van der Waals surface area contributed by atoms with Crippen LogP contribution in [0.4, 0.5) is 0 Å². The first-order chi connectivity index (χ1) is 9.95. The van der Waals surface area contributed by atoms with E-state index in [1.165, 1.54) is 12.7 Å². The van der Waals surface area contributed by atoms with E-state index in [1.54, 1.807) is 6.07 Å². The van der Waals surface area contributed by atoms with Crippen LogP contribution in [0.2, 0.25) is 0 Å². The van der Waals surface area contributed by atoms with Crippen molar-refractivity contribution in [2.75, 3.05) is 26.7 Å². The fraction of sp³-hybridized carbons (Fsp3) is 0.588. The van der Waals surface area contributed by atoms with Gasteiger partial charge in [-0.3, -0.25) is 4.79 Å². The molecule has 1 fully saturated rings. The quantitative estimate of drug-likeness (QED) is 0.866. The highest BCUT2D eigenvalue weighted by atomic mass is 16.5. The van der Waals surface area contributed by atoms with Crippen LogP contribution in [0.5, 0.6) is 5.75 Å². The zero-order valence-corrected chi connectivity index (χ0v) is 13.1. The van der Waals surface area contributed by atoms with E-state index < -0.39 is 0 Å². The number of esters is 1. The van der Waals surface area contributed by atoms with Crippen molar-refractivity contribution in [3.8, 4) is 5.75 Å². The summed E-state index contributed by atoms with van der Waals surface area (Å²) in [4.78, 5) is 13.6. The molecule has 0 unspecified atom stereocenters. The summed E-state index contributed by atoms with van der Waals surface area (Å²) in [5.74, 6) is 0.642. The van der Waals surface area contributed by atoms with Gasteiger partial charge in [0.25, 0.3) is 0 Å². The van der Waals surface area contributed by atoms with Gasteiger partial charge in [-0.25, -0.2) is 0 Å². The van der Waals surface area contributed by atoms with Gasteiger partial charge in [0, 0.05) is 13.1 Å². The molecule has 1 aromatic carbocycles. The molecule has 4 nitrogen and oxygen atoms in total. The lowest BCUT2D eigenvalue weighted by molar-refractivity contribution is -0.141. The average molecular weight is 291 g/mol. The number of rotatable bonds is 4. The smallest absolute Gasteiger partial charge is 0.306 e. The Morgan fingerprint density at radius 2 is 2.29 bits per heavy atom. The summed E-state index contributed by atoms with van der Waals surface area (Å²) in [6.45, 7) is 7.20. The van der Waals surface area contributed by atoms with Gasteiger partial charge >= 0.3 is 5.97 Å². The summed E-state index contributed by atoms with van der Waals surface area (Å²) in [6, 6.07) is 7.59. The van der Waals surface area contributed by atoms with Crippen LogP contribution in [-0.4, -0.2) is 42.7 Å². The Labute approximate surface area is 126 Å². The first kappa shape index (κ1) is 15.8. The first-order valence-corrected chi connectivity index (χ1v) is 7.54. The number of aromatic hydroxyl groups is 1. The van der Waals surface area contributed by atoms with E-state index in [1.807, 2.05) is 12.1 Å². The number of carbonyl (C=O) groups excluding carboxylic acids is 1. The number of ether oxygens (including phenoxy) is 1. The lowest BCUT2D eigenvalue weighted by Gasteiger charge is -2.45. The molecule has 0 bridgehead atoms. The third-order valence-corrected chi connectivity index (χ3v) is 4.93. The van der Waals surface area contributed by atoms with Gasteiger partial charge in [0.05, 0.1) is 13.5 Å². The normalized spacial score (nSPS) is 26.5. The second-order valence-corrected chi connectivity index (χ2v) is 6.25. The Hall–Kier alpha value is -1.55. The highest BCUT2D eigenvalue weighted by Crippen LogP contribution is 2.40. The summed E-state index contributed by atoms with van der Waals surface area (Å²) in [5, 5.41) is 9.71. The molecular formula is C17H25NO3. The third-order valence-electron chi connectivity index (χ3n) is 4.93. The van der Waals surface area contributed by atoms with Crippen molar-refractivity contribution in [1.82, 2.24) is 4.90 Å². The van der Waals surface area contributed by atoms with Gasteiger partial charge in [0.2, 0.25) is 0 Å². The van der Waals surface area contributed by atoms with Gasteiger partial charge in [0.1, 0.15) is 5.75 Å². The monoisotopic (exact) mass is 291 g/mol. The van der Waals surface area contributed by atoms with Crippen LogP contribution in [0.25, 0.3) is 0 Å². The zero-order valence-electron chi connectivity index (χ0n) is 13.1. The number of piperidine rings is 1. The molecule has 2 atom stereocenters. The predicted molar refractivity (Wildman–Crippen MR) is 82.3 cm³/mol. The average Bonchev–Trinajstić information content (AvgIpc) is 2.48. The van der Waals surface area contributed by atoms with Gasteiger partial charge in [-0.2, -0.15) is 0 Å². The van der Waals surface area contributed by atoms with Crippen molar-refractivity contribution in [2.24, 2.45) is 5.92 Å². The van der Waals surface area contributed by atoms with Crippen LogP contribution >= 0.6 is 0 Å². The second-order valence-electron chi connectivity index (χ2n) is 6.25. The Balaban J connectivity index is 2.01. The van der Waals surface area contributed by atoms with Crippen LogP contribution in [0.1, 0.15) is 32.3 Å². The van der Waals surface area contributed by atoms with Crippen molar-refractivity contribution < 1.29 is 14.6 Å². The van der Waals surface area contributed by atoms with E-state index in [9.17, 15) is 9.90 Å². The standard InChI is InChI=1S/C17H25NO3/c1-13-12-18(9-7-16(20)21-3)10-8-17(13,2)14-5-4-6-15(19)11-14/h4-6,11,13,19H,7-10,12H2,1-3H3/t13-,17-/m0/s1. The van der Waals surface area contributed by atoms with E-state index in [0.717, 1.165) is 26.1 Å². The van der Waals surface area contributed by atoms with Gasteiger partial charge in [-0.1, -0.05) is 26.0 Å². The largest absolute Gasteiger partial charge is 0.508 e. The van der Waals surface area contributed by atoms with Gasteiger partial charge in [0.15, 0.2) is 0 Å². The molecule has 4 heteroatoms. The zero-order chi connectivity index (χ0) is 15.5. The third kappa shape index (κ3) is 3.56. The van der Waals surface area contributed by atoms with Crippen molar-refractivity contribution >= 4 is 5.97 Å². The molecule has 1 aromatic rings. The molecule has 1 aliphatic heterocycles. The number of benzene rings is 1. The number of phenols is 1. The highest BCUT2D eigenvalue weighted by Gasteiger charge is 2.38. The van der Waals surface area contributed by atoms with E-state index in [0.29, 0.717) is 18.1 Å². The second kappa shape index (κ2) is 6.48. The molecule has 0 radical (unpaired) electrons. The first-order valence-electron chi connectivity index (χ1n) is 7.54. The molecule has 0 spiro atoms. The molecule has 0 saturated carbocycles. The maximum atomic E-state index is 11.2. The molecule has 1 aliphatic rings. The number of nitrogens with zero attached hydrogens (tertiary/aromatic N) is 1. The summed E-state index contributed by atoms with van der Waals surface area (Å²) in [6.07, 6.45) is 1.48. The Bertz CT molecular complexity index is 503. The van der Waals surface area contributed by atoms with E-state index in [-0.39, 0.29) is 11.4 Å². The minimum atomic E-state index is -0.149. The lowest BCUT2D eigenvalue weighted by atomic mass is 9.68. The van der Waals surface area contributed by atoms with Crippen molar-refractivity contribution in [1.29, 1.82) is 0 Å². The molecule has 0 aliphatic carbocycles. The van der Waals surface area contributed by atoms with Crippen molar-refractivity contribution in [3.05, 3.63) is 29.8 Å². The molecule has 1 N–H and O–H groups in total. The molecule has 1 heterocycles. The Morgan fingerprint density at radius 1 is 1.52 bits per heavy atom. The van der Waals surface area contributed by atoms with Crippen molar-refractivity contribution in [2.45, 2.75) is 32.1 Å². The fourth-order valence-corrected chi connectivity index (χ4v) is 3.16. The predicted octanol–water partition coefficient (Wildman–Crippen LogP) is 2.55. The van der Waals surface area contributed by atoms with Crippen molar-refractivity contribution in [3.63, 3.8) is 0 Å². The number of methoxy groups -OCH3 is 1. The van der Waals surface area contributed by atoms with Crippen LogP contribution in [0.15, 0.2) is 24.3 Å². The van der Waals surface area contributed by atoms with E-state index >= 15 is 0 Å². The maximum absolute atomic E-state index is 11.2. The molecule has 0 amide bonds. The molecule has 1 saturated heterocycles. The Kier molecular flexibility index (Phi) is 4.88. The molecule has 0 aromatic heterocycles. The van der Waals surface area contributed by atoms with Gasteiger partial charge in [-0.15, -0.1) is 0 Å². The van der Waals surface area contributed by atoms with Gasteiger partial charge < -0.3 is 14.7 Å². The summed E-state index contributed by atoms with van der Waals surface area (Å²) >= 11 is 0.